The van der Waals surface area contributed by atoms with E-state index in [2.05, 4.69) is 6.92 Å². The molecular weight excluding hydrogens is 332 g/mol. The van der Waals surface area contributed by atoms with E-state index in [9.17, 15) is 9.90 Å². The van der Waals surface area contributed by atoms with E-state index in [1.165, 1.54) is 44.9 Å². The van der Waals surface area contributed by atoms with Crippen molar-refractivity contribution in [2.45, 2.75) is 71.1 Å². The molecule has 1 N–H and O–H groups in total. The second-order valence-electron chi connectivity index (χ2n) is 6.61. The summed E-state index contributed by atoms with van der Waals surface area (Å²) in [7, 11) is 0. The Hall–Kier alpha value is -1.68. The molecule has 0 aliphatic carbocycles. The van der Waals surface area contributed by atoms with Crippen LogP contribution in [0.15, 0.2) is 33.5 Å². The van der Waals surface area contributed by atoms with Gasteiger partial charge in [0.1, 0.15) is 16.9 Å². The van der Waals surface area contributed by atoms with Crippen molar-refractivity contribution in [1.82, 2.24) is 0 Å². The molecule has 0 atom stereocenters. The van der Waals surface area contributed by atoms with E-state index in [4.69, 9.17) is 16.6 Å². The molecule has 0 saturated carbocycles. The van der Waals surface area contributed by atoms with Crippen LogP contribution >= 0.6 is 12.2 Å². The third kappa shape index (κ3) is 5.67. The third-order valence-electron chi connectivity index (χ3n) is 4.57. The summed E-state index contributed by atoms with van der Waals surface area (Å²) in [4.78, 5) is 12.6. The van der Waals surface area contributed by atoms with Crippen LogP contribution in [-0.2, 0) is 0 Å². The lowest BCUT2D eigenvalue weighted by molar-refractivity contribution is 0.466. The average molecular weight is 361 g/mol. The molecular formula is C21H28O3S. The van der Waals surface area contributed by atoms with Crippen molar-refractivity contribution in [3.8, 4) is 5.75 Å². The number of unbranched alkanes of at least 4 members (excludes halogenated alkanes) is 8. The molecule has 136 valence electrons. The Labute approximate surface area is 155 Å². The minimum absolute atomic E-state index is 0.0484. The van der Waals surface area contributed by atoms with Gasteiger partial charge in [0.25, 0.3) is 0 Å². The summed E-state index contributed by atoms with van der Waals surface area (Å²) < 4.78 is 5.28. The van der Waals surface area contributed by atoms with Crippen LogP contribution in [0.2, 0.25) is 0 Å². The summed E-state index contributed by atoms with van der Waals surface area (Å²) in [6.07, 6.45) is 11.8. The summed E-state index contributed by atoms with van der Waals surface area (Å²) in [5, 5.41) is 10.9. The number of para-hydroxylation sites is 1. The van der Waals surface area contributed by atoms with E-state index in [-0.39, 0.29) is 11.3 Å². The highest BCUT2D eigenvalue weighted by atomic mass is 32.1. The van der Waals surface area contributed by atoms with Gasteiger partial charge >= 0.3 is 5.63 Å². The molecule has 0 aliphatic heterocycles. The van der Waals surface area contributed by atoms with Gasteiger partial charge in [-0.25, -0.2) is 4.79 Å². The normalized spacial score (nSPS) is 11.1. The molecule has 0 unspecified atom stereocenters. The smallest absolute Gasteiger partial charge is 0.348 e. The second kappa shape index (κ2) is 10.3. The van der Waals surface area contributed by atoms with E-state index in [0.717, 1.165) is 12.8 Å². The lowest BCUT2D eigenvalue weighted by Gasteiger charge is -2.07. The van der Waals surface area contributed by atoms with Crippen molar-refractivity contribution in [2.75, 3.05) is 0 Å². The summed E-state index contributed by atoms with van der Waals surface area (Å²) >= 11 is 5.39. The molecule has 0 bridgehead atoms. The van der Waals surface area contributed by atoms with Crippen LogP contribution in [-0.4, -0.2) is 9.97 Å². The zero-order valence-corrected chi connectivity index (χ0v) is 15.9. The Kier molecular flexibility index (Phi) is 8.13. The predicted octanol–water partition coefficient (Wildman–Crippen LogP) is 6.14. The number of fused-ring (bicyclic) bond motifs is 1. The fourth-order valence-electron chi connectivity index (χ4n) is 3.10. The lowest BCUT2D eigenvalue weighted by atomic mass is 10.0. The Morgan fingerprint density at radius 3 is 2.28 bits per heavy atom. The first-order valence-electron chi connectivity index (χ1n) is 9.43. The van der Waals surface area contributed by atoms with Crippen LogP contribution in [0.4, 0.5) is 0 Å². The number of benzene rings is 1. The van der Waals surface area contributed by atoms with Crippen molar-refractivity contribution < 1.29 is 9.52 Å². The fourth-order valence-corrected chi connectivity index (χ4v) is 3.42. The van der Waals surface area contributed by atoms with Crippen molar-refractivity contribution in [3.05, 3.63) is 40.2 Å². The van der Waals surface area contributed by atoms with Crippen LogP contribution in [0.5, 0.6) is 5.75 Å². The summed E-state index contributed by atoms with van der Waals surface area (Å²) in [6.45, 7) is 2.23. The van der Waals surface area contributed by atoms with Gasteiger partial charge in [-0.1, -0.05) is 82.6 Å². The van der Waals surface area contributed by atoms with Gasteiger partial charge in [-0.05, 0) is 25.0 Å². The average Bonchev–Trinajstić information content (AvgIpc) is 2.60. The molecule has 0 aliphatic rings. The highest BCUT2D eigenvalue weighted by molar-refractivity contribution is 7.80. The molecule has 4 heteroatoms. The highest BCUT2D eigenvalue weighted by Crippen LogP contribution is 2.27. The zero-order valence-electron chi connectivity index (χ0n) is 15.1. The molecule has 2 aromatic rings. The highest BCUT2D eigenvalue weighted by Gasteiger charge is 2.17. The molecule has 0 saturated heterocycles. The molecule has 0 fully saturated rings. The van der Waals surface area contributed by atoms with Crippen LogP contribution in [0.1, 0.15) is 76.7 Å². The van der Waals surface area contributed by atoms with Gasteiger partial charge in [0.05, 0.1) is 5.39 Å². The van der Waals surface area contributed by atoms with Gasteiger partial charge in [0.2, 0.25) is 0 Å². The Bertz CT molecular complexity index is 748. The molecule has 1 aromatic carbocycles. The molecule has 1 aromatic heterocycles. The molecule has 1 heterocycles. The SMILES string of the molecule is CCCCCCCCCCCC(=S)c1c(O)c2ccccc2oc1=O. The number of thiocarbonyl (C=S) groups is 1. The maximum Gasteiger partial charge on any atom is 0.348 e. The quantitative estimate of drug-likeness (QED) is 0.226. The lowest BCUT2D eigenvalue weighted by Crippen LogP contribution is -2.13. The molecule has 0 amide bonds. The van der Waals surface area contributed by atoms with Crippen LogP contribution in [0, 0.1) is 0 Å². The van der Waals surface area contributed by atoms with E-state index in [1.54, 1.807) is 24.3 Å². The molecule has 3 nitrogen and oxygen atoms in total. The van der Waals surface area contributed by atoms with Gasteiger partial charge < -0.3 is 9.52 Å². The Morgan fingerprint density at radius 2 is 1.60 bits per heavy atom. The summed E-state index contributed by atoms with van der Waals surface area (Å²) in [5.41, 5.74) is 0.00464. The largest absolute Gasteiger partial charge is 0.506 e. The number of hydrogen-bond acceptors (Lipinski definition) is 4. The number of rotatable bonds is 11. The van der Waals surface area contributed by atoms with Crippen LogP contribution in [0.3, 0.4) is 0 Å². The number of aromatic hydroxyl groups is 1. The summed E-state index contributed by atoms with van der Waals surface area (Å²) in [6, 6.07) is 6.97. The van der Waals surface area contributed by atoms with E-state index in [0.29, 0.717) is 22.3 Å². The molecule has 0 spiro atoms. The van der Waals surface area contributed by atoms with Crippen molar-refractivity contribution in [1.29, 1.82) is 0 Å². The minimum atomic E-state index is -0.544. The standard InChI is InChI=1S/C21H28O3S/c1-2-3-4-5-6-7-8-9-10-15-18(25)19-20(22)16-13-11-12-14-17(16)24-21(19)23/h11-14,22H,2-10,15H2,1H3. The van der Waals surface area contributed by atoms with E-state index >= 15 is 0 Å². The molecule has 0 radical (unpaired) electrons. The van der Waals surface area contributed by atoms with Gasteiger partial charge in [-0.15, -0.1) is 0 Å². The van der Waals surface area contributed by atoms with Gasteiger partial charge in [0.15, 0.2) is 0 Å². The fraction of sp³-hybridized carbons (Fsp3) is 0.524. The monoisotopic (exact) mass is 360 g/mol. The van der Waals surface area contributed by atoms with Crippen molar-refractivity contribution >= 4 is 28.1 Å². The maximum atomic E-state index is 12.1. The third-order valence-corrected chi connectivity index (χ3v) is 4.98. The van der Waals surface area contributed by atoms with Gasteiger partial charge in [-0.2, -0.15) is 0 Å². The Morgan fingerprint density at radius 1 is 1.00 bits per heavy atom. The predicted molar refractivity (Wildman–Crippen MR) is 108 cm³/mol. The second-order valence-corrected chi connectivity index (χ2v) is 7.10. The Balaban J connectivity index is 1.82. The number of hydrogen-bond donors (Lipinski definition) is 1. The first kappa shape index (κ1) is 19.6. The minimum Gasteiger partial charge on any atom is -0.506 e. The van der Waals surface area contributed by atoms with Crippen LogP contribution in [0.25, 0.3) is 11.0 Å². The van der Waals surface area contributed by atoms with Gasteiger partial charge in [0, 0.05) is 4.86 Å². The van der Waals surface area contributed by atoms with E-state index in [1.807, 2.05) is 0 Å². The summed E-state index contributed by atoms with van der Waals surface area (Å²) in [5.74, 6) is -0.0484. The first-order valence-corrected chi connectivity index (χ1v) is 9.84. The van der Waals surface area contributed by atoms with Crippen molar-refractivity contribution in [2.24, 2.45) is 0 Å². The van der Waals surface area contributed by atoms with E-state index < -0.39 is 5.63 Å². The zero-order chi connectivity index (χ0) is 18.1. The topological polar surface area (TPSA) is 50.4 Å². The molecule has 2 rings (SSSR count). The van der Waals surface area contributed by atoms with Crippen molar-refractivity contribution in [3.63, 3.8) is 0 Å². The van der Waals surface area contributed by atoms with Crippen LogP contribution < -0.4 is 5.63 Å². The maximum absolute atomic E-state index is 12.1. The van der Waals surface area contributed by atoms with Gasteiger partial charge in [-0.3, -0.25) is 0 Å². The molecule has 25 heavy (non-hydrogen) atoms. The first-order chi connectivity index (χ1) is 12.1.